The van der Waals surface area contributed by atoms with Gasteiger partial charge in [-0.15, -0.1) is 0 Å². The van der Waals surface area contributed by atoms with Crippen LogP contribution in [0.3, 0.4) is 0 Å². The van der Waals surface area contributed by atoms with E-state index < -0.39 is 0 Å². The smallest absolute Gasteiger partial charge is 0.231 e. The van der Waals surface area contributed by atoms with Crippen molar-refractivity contribution in [2.45, 2.75) is 33.2 Å². The standard InChI is InChI=1S/C14H25ClN6/c1-14(2,3)9-21(5)13-18-11(15)17-12(19-13)16-10-6-7-20(4)8-10/h10H,6-9H2,1-5H3,(H,16,17,18,19)/t10-/m1/s1. The minimum atomic E-state index is 0.162. The normalized spacial score (nSPS) is 19.8. The third kappa shape index (κ3) is 4.97. The van der Waals surface area contributed by atoms with E-state index in [0.29, 0.717) is 17.9 Å². The number of anilines is 2. The minimum Gasteiger partial charge on any atom is -0.350 e. The number of rotatable bonds is 4. The van der Waals surface area contributed by atoms with Crippen LogP contribution < -0.4 is 10.2 Å². The van der Waals surface area contributed by atoms with Crippen molar-refractivity contribution in [2.75, 3.05) is 43.9 Å². The molecule has 0 amide bonds. The number of halogens is 1. The summed E-state index contributed by atoms with van der Waals surface area (Å²) in [5.41, 5.74) is 0.162. The summed E-state index contributed by atoms with van der Waals surface area (Å²) in [5, 5.41) is 3.59. The van der Waals surface area contributed by atoms with Gasteiger partial charge in [0.15, 0.2) is 0 Å². The van der Waals surface area contributed by atoms with E-state index >= 15 is 0 Å². The molecule has 1 aliphatic heterocycles. The molecule has 6 nitrogen and oxygen atoms in total. The summed E-state index contributed by atoms with van der Waals surface area (Å²) in [6.45, 7) is 9.47. The molecule has 0 radical (unpaired) electrons. The molecule has 1 N–H and O–H groups in total. The number of hydrogen-bond acceptors (Lipinski definition) is 6. The molecular weight excluding hydrogens is 288 g/mol. The zero-order valence-corrected chi connectivity index (χ0v) is 14.3. The first-order valence-electron chi connectivity index (χ1n) is 7.31. The molecule has 0 unspecified atom stereocenters. The lowest BCUT2D eigenvalue weighted by Gasteiger charge is -2.26. The monoisotopic (exact) mass is 312 g/mol. The highest BCUT2D eigenvalue weighted by Gasteiger charge is 2.21. The van der Waals surface area contributed by atoms with E-state index in [-0.39, 0.29) is 10.7 Å². The van der Waals surface area contributed by atoms with Crippen molar-refractivity contribution in [3.05, 3.63) is 5.28 Å². The van der Waals surface area contributed by atoms with Gasteiger partial charge in [-0.2, -0.15) is 15.0 Å². The van der Waals surface area contributed by atoms with Crippen LogP contribution in [0.1, 0.15) is 27.2 Å². The van der Waals surface area contributed by atoms with Crippen LogP contribution >= 0.6 is 11.6 Å². The molecule has 7 heteroatoms. The van der Waals surface area contributed by atoms with Gasteiger partial charge in [0.2, 0.25) is 17.2 Å². The Kier molecular flexibility index (Phi) is 4.88. The number of aromatic nitrogens is 3. The topological polar surface area (TPSA) is 57.2 Å². The first-order chi connectivity index (χ1) is 9.73. The Morgan fingerprint density at radius 3 is 2.62 bits per heavy atom. The lowest BCUT2D eigenvalue weighted by molar-refractivity contribution is 0.413. The zero-order chi connectivity index (χ0) is 15.6. The highest BCUT2D eigenvalue weighted by molar-refractivity contribution is 6.28. The second-order valence-electron chi connectivity index (χ2n) is 7.04. The van der Waals surface area contributed by atoms with E-state index in [1.165, 1.54) is 0 Å². The fourth-order valence-electron chi connectivity index (χ4n) is 2.59. The van der Waals surface area contributed by atoms with Crippen LogP contribution in [0.2, 0.25) is 5.28 Å². The fourth-order valence-corrected chi connectivity index (χ4v) is 2.75. The molecule has 1 aromatic rings. The molecule has 1 aromatic heterocycles. The maximum absolute atomic E-state index is 6.04. The molecule has 0 aliphatic carbocycles. The Morgan fingerprint density at radius 1 is 1.33 bits per heavy atom. The molecule has 118 valence electrons. The molecule has 2 heterocycles. The van der Waals surface area contributed by atoms with Crippen molar-refractivity contribution in [3.8, 4) is 0 Å². The average molecular weight is 313 g/mol. The summed E-state index contributed by atoms with van der Waals surface area (Å²) in [4.78, 5) is 17.2. The molecule has 0 bridgehead atoms. The third-order valence-electron chi connectivity index (χ3n) is 3.37. The van der Waals surface area contributed by atoms with E-state index in [2.05, 4.69) is 53.0 Å². The Bertz CT molecular complexity index is 487. The van der Waals surface area contributed by atoms with Crippen molar-refractivity contribution in [3.63, 3.8) is 0 Å². The lowest BCUT2D eigenvalue weighted by Crippen LogP contribution is -2.31. The third-order valence-corrected chi connectivity index (χ3v) is 3.54. The first-order valence-corrected chi connectivity index (χ1v) is 7.68. The van der Waals surface area contributed by atoms with E-state index in [0.717, 1.165) is 26.1 Å². The van der Waals surface area contributed by atoms with Gasteiger partial charge in [0, 0.05) is 26.2 Å². The Hall–Kier alpha value is -1.14. The lowest BCUT2D eigenvalue weighted by atomic mass is 9.96. The molecule has 1 fully saturated rings. The molecule has 21 heavy (non-hydrogen) atoms. The Morgan fingerprint density at radius 2 is 2.05 bits per heavy atom. The van der Waals surface area contributed by atoms with Gasteiger partial charge in [0.05, 0.1) is 0 Å². The molecule has 1 saturated heterocycles. The predicted octanol–water partition coefficient (Wildman–Crippen LogP) is 2.12. The molecule has 2 rings (SSSR count). The van der Waals surface area contributed by atoms with Gasteiger partial charge in [-0.25, -0.2) is 0 Å². The molecular formula is C14H25ClN6. The molecule has 0 aromatic carbocycles. The summed E-state index contributed by atoms with van der Waals surface area (Å²) in [6.07, 6.45) is 1.09. The SMILES string of the molecule is CN1CC[C@@H](Nc2nc(Cl)nc(N(C)CC(C)(C)C)n2)C1. The van der Waals surface area contributed by atoms with E-state index in [1.54, 1.807) is 0 Å². The van der Waals surface area contributed by atoms with Crippen molar-refractivity contribution >= 4 is 23.5 Å². The summed E-state index contributed by atoms with van der Waals surface area (Å²) >= 11 is 6.04. The van der Waals surface area contributed by atoms with Crippen LogP contribution in [0.5, 0.6) is 0 Å². The number of nitrogens with zero attached hydrogens (tertiary/aromatic N) is 5. The van der Waals surface area contributed by atoms with Crippen molar-refractivity contribution in [2.24, 2.45) is 5.41 Å². The van der Waals surface area contributed by atoms with Gasteiger partial charge in [-0.05, 0) is 37.0 Å². The van der Waals surface area contributed by atoms with Gasteiger partial charge in [0.25, 0.3) is 0 Å². The van der Waals surface area contributed by atoms with Gasteiger partial charge in [0.1, 0.15) is 0 Å². The zero-order valence-electron chi connectivity index (χ0n) is 13.5. The minimum absolute atomic E-state index is 0.162. The highest BCUT2D eigenvalue weighted by Crippen LogP contribution is 2.20. The number of likely N-dealkylation sites (tertiary alicyclic amines) is 1. The second kappa shape index (κ2) is 6.32. The van der Waals surface area contributed by atoms with Crippen LogP contribution in [0, 0.1) is 5.41 Å². The van der Waals surface area contributed by atoms with Crippen molar-refractivity contribution in [1.29, 1.82) is 0 Å². The average Bonchev–Trinajstić information content (AvgIpc) is 2.71. The molecule has 1 atom stereocenters. The maximum Gasteiger partial charge on any atom is 0.231 e. The highest BCUT2D eigenvalue weighted by atomic mass is 35.5. The number of likely N-dealkylation sites (N-methyl/N-ethyl adjacent to an activating group) is 1. The van der Waals surface area contributed by atoms with E-state index in [9.17, 15) is 0 Å². The van der Waals surface area contributed by atoms with E-state index in [1.807, 2.05) is 11.9 Å². The maximum atomic E-state index is 6.04. The van der Waals surface area contributed by atoms with Gasteiger partial charge >= 0.3 is 0 Å². The van der Waals surface area contributed by atoms with Gasteiger partial charge in [-0.1, -0.05) is 20.8 Å². The van der Waals surface area contributed by atoms with Gasteiger partial charge < -0.3 is 15.1 Å². The molecule has 0 spiro atoms. The summed E-state index contributed by atoms with van der Waals surface area (Å²) in [6, 6.07) is 0.370. The first kappa shape index (κ1) is 16.2. The van der Waals surface area contributed by atoms with Gasteiger partial charge in [-0.3, -0.25) is 0 Å². The van der Waals surface area contributed by atoms with Crippen LogP contribution in [-0.2, 0) is 0 Å². The summed E-state index contributed by atoms with van der Waals surface area (Å²) < 4.78 is 0. The fraction of sp³-hybridized carbons (Fsp3) is 0.786. The quantitative estimate of drug-likeness (QED) is 0.919. The number of hydrogen-bond donors (Lipinski definition) is 1. The Balaban J connectivity index is 2.09. The van der Waals surface area contributed by atoms with Crippen LogP contribution in [0.25, 0.3) is 0 Å². The summed E-state index contributed by atoms with van der Waals surface area (Å²) in [7, 11) is 4.09. The summed E-state index contributed by atoms with van der Waals surface area (Å²) in [5.74, 6) is 1.17. The largest absolute Gasteiger partial charge is 0.350 e. The predicted molar refractivity (Wildman–Crippen MR) is 87.1 cm³/mol. The van der Waals surface area contributed by atoms with Crippen LogP contribution in [-0.4, -0.2) is 59.6 Å². The molecule has 0 saturated carbocycles. The van der Waals surface area contributed by atoms with E-state index in [4.69, 9.17) is 11.6 Å². The Labute approximate surface area is 131 Å². The van der Waals surface area contributed by atoms with Crippen LogP contribution in [0.4, 0.5) is 11.9 Å². The molecule has 1 aliphatic rings. The number of nitrogens with one attached hydrogen (secondary N) is 1. The van der Waals surface area contributed by atoms with Crippen molar-refractivity contribution in [1.82, 2.24) is 19.9 Å². The van der Waals surface area contributed by atoms with Crippen molar-refractivity contribution < 1.29 is 0 Å². The second-order valence-corrected chi connectivity index (χ2v) is 7.38. The van der Waals surface area contributed by atoms with Crippen LogP contribution in [0.15, 0.2) is 0 Å².